The molecule has 7 heteroatoms. The van der Waals surface area contributed by atoms with Crippen LogP contribution in [0.15, 0.2) is 48.5 Å². The van der Waals surface area contributed by atoms with E-state index in [2.05, 4.69) is 15.5 Å². The number of rotatable bonds is 6. The summed E-state index contributed by atoms with van der Waals surface area (Å²) in [5.41, 5.74) is 4.60. The van der Waals surface area contributed by atoms with Crippen LogP contribution in [0.4, 0.5) is 0 Å². The number of nitrogens with zero attached hydrogens (tertiary/aromatic N) is 3. The van der Waals surface area contributed by atoms with Gasteiger partial charge in [0.1, 0.15) is 0 Å². The molecule has 0 radical (unpaired) electrons. The molecule has 0 unspecified atom stereocenters. The van der Waals surface area contributed by atoms with Crippen LogP contribution in [0.3, 0.4) is 0 Å². The Balaban J connectivity index is 1.58. The number of ether oxygens (including phenoxy) is 1. The smallest absolute Gasteiger partial charge is 0.361 e. The highest BCUT2D eigenvalue weighted by Crippen LogP contribution is 2.16. The summed E-state index contributed by atoms with van der Waals surface area (Å²) in [4.78, 5) is 25.9. The maximum atomic E-state index is 12.3. The molecule has 1 heterocycles. The number of aryl methyl sites for hydroxylation is 3. The van der Waals surface area contributed by atoms with Gasteiger partial charge in [0.15, 0.2) is 12.3 Å². The van der Waals surface area contributed by atoms with Gasteiger partial charge < -0.3 is 10.1 Å². The van der Waals surface area contributed by atoms with Crippen LogP contribution in [-0.2, 0) is 9.53 Å². The Kier molecular flexibility index (Phi) is 6.07. The van der Waals surface area contributed by atoms with Gasteiger partial charge in [-0.15, -0.1) is 5.10 Å². The van der Waals surface area contributed by atoms with Gasteiger partial charge >= 0.3 is 5.97 Å². The molecule has 3 rings (SSSR count). The lowest BCUT2D eigenvalue weighted by atomic mass is 10.0. The summed E-state index contributed by atoms with van der Waals surface area (Å²) in [5.74, 6) is -1.06. The molecule has 150 valence electrons. The van der Waals surface area contributed by atoms with E-state index in [0.29, 0.717) is 5.69 Å². The molecule has 0 aliphatic heterocycles. The summed E-state index contributed by atoms with van der Waals surface area (Å²) in [6.45, 7) is 7.24. The van der Waals surface area contributed by atoms with Crippen molar-refractivity contribution in [2.75, 3.05) is 6.61 Å². The molecule has 0 spiro atoms. The molecular weight excluding hydrogens is 368 g/mol. The van der Waals surface area contributed by atoms with Gasteiger partial charge in [0, 0.05) is 0 Å². The number of esters is 1. The minimum atomic E-state index is -0.682. The molecular formula is C22H24N4O3. The molecule has 29 heavy (non-hydrogen) atoms. The van der Waals surface area contributed by atoms with Gasteiger partial charge in [-0.3, -0.25) is 4.79 Å². The summed E-state index contributed by atoms with van der Waals surface area (Å²) >= 11 is 0. The van der Waals surface area contributed by atoms with Crippen molar-refractivity contribution in [3.63, 3.8) is 0 Å². The van der Waals surface area contributed by atoms with E-state index >= 15 is 0 Å². The number of benzene rings is 2. The van der Waals surface area contributed by atoms with Crippen molar-refractivity contribution in [3.05, 3.63) is 76.6 Å². The van der Waals surface area contributed by atoms with E-state index in [1.807, 2.05) is 69.3 Å². The highest BCUT2D eigenvalue weighted by atomic mass is 16.5. The number of para-hydroxylation sites is 1. The summed E-state index contributed by atoms with van der Waals surface area (Å²) in [7, 11) is 0. The van der Waals surface area contributed by atoms with Crippen LogP contribution in [0.25, 0.3) is 5.69 Å². The number of hydrogen-bond acceptors (Lipinski definition) is 5. The third-order valence-electron chi connectivity index (χ3n) is 4.71. The maximum absolute atomic E-state index is 12.3. The highest BCUT2D eigenvalue weighted by Gasteiger charge is 2.19. The van der Waals surface area contributed by atoms with E-state index in [1.54, 1.807) is 6.92 Å². The lowest BCUT2D eigenvalue weighted by Crippen LogP contribution is -2.31. The van der Waals surface area contributed by atoms with Crippen molar-refractivity contribution < 1.29 is 14.3 Å². The predicted molar refractivity (Wildman–Crippen MR) is 109 cm³/mol. The quantitative estimate of drug-likeness (QED) is 0.651. The molecule has 0 bridgehead atoms. The largest absolute Gasteiger partial charge is 0.451 e. The number of carbonyl (C=O) groups excluding carboxylic acids is 2. The van der Waals surface area contributed by atoms with E-state index in [1.165, 1.54) is 10.4 Å². The van der Waals surface area contributed by atoms with Crippen molar-refractivity contribution in [1.82, 2.24) is 20.3 Å². The first kappa shape index (κ1) is 20.3. The van der Waals surface area contributed by atoms with Gasteiger partial charge in [-0.05, 0) is 56.5 Å². The monoisotopic (exact) mass is 392 g/mol. The zero-order valence-electron chi connectivity index (χ0n) is 17.0. The molecule has 0 aliphatic carbocycles. The molecule has 1 aromatic heterocycles. The van der Waals surface area contributed by atoms with Crippen LogP contribution in [0.5, 0.6) is 0 Å². The summed E-state index contributed by atoms with van der Waals surface area (Å²) in [6.07, 6.45) is 0. The predicted octanol–water partition coefficient (Wildman–Crippen LogP) is 3.23. The molecule has 2 aromatic carbocycles. The molecule has 0 saturated heterocycles. The molecule has 0 saturated carbocycles. The molecule has 0 aliphatic rings. The van der Waals surface area contributed by atoms with Gasteiger partial charge in [0.25, 0.3) is 5.91 Å². The number of nitrogens with one attached hydrogen (secondary N) is 1. The van der Waals surface area contributed by atoms with Gasteiger partial charge in [-0.25, -0.2) is 4.79 Å². The third kappa shape index (κ3) is 4.87. The Bertz CT molecular complexity index is 1030. The zero-order chi connectivity index (χ0) is 21.0. The average Bonchev–Trinajstić information content (AvgIpc) is 3.10. The second-order valence-corrected chi connectivity index (χ2v) is 6.97. The number of aromatic nitrogens is 3. The lowest BCUT2D eigenvalue weighted by molar-refractivity contribution is -0.124. The first-order valence-electron chi connectivity index (χ1n) is 9.38. The summed E-state index contributed by atoms with van der Waals surface area (Å²) in [6, 6.07) is 15.1. The Morgan fingerprint density at radius 3 is 2.45 bits per heavy atom. The summed E-state index contributed by atoms with van der Waals surface area (Å²) in [5, 5.41) is 11.3. The van der Waals surface area contributed by atoms with Crippen molar-refractivity contribution in [3.8, 4) is 5.69 Å². The second-order valence-electron chi connectivity index (χ2n) is 6.97. The molecule has 1 amide bonds. The Labute approximate surface area is 169 Å². The molecule has 1 atom stereocenters. The fraction of sp³-hybridized carbons (Fsp3) is 0.273. The highest BCUT2D eigenvalue weighted by molar-refractivity contribution is 5.90. The van der Waals surface area contributed by atoms with E-state index in [4.69, 9.17) is 4.74 Å². The van der Waals surface area contributed by atoms with Crippen molar-refractivity contribution in [2.24, 2.45) is 0 Å². The lowest BCUT2D eigenvalue weighted by Gasteiger charge is -2.15. The van der Waals surface area contributed by atoms with E-state index in [-0.39, 0.29) is 24.2 Å². The first-order chi connectivity index (χ1) is 13.8. The van der Waals surface area contributed by atoms with Gasteiger partial charge in [-0.1, -0.05) is 36.4 Å². The van der Waals surface area contributed by atoms with Crippen LogP contribution in [0, 0.1) is 20.8 Å². The molecule has 3 aromatic rings. The third-order valence-corrected chi connectivity index (χ3v) is 4.71. The topological polar surface area (TPSA) is 86.1 Å². The SMILES string of the molecule is Cc1ccc([C@H](C)NC(=O)COC(=O)c2nn(-c3ccccc3)nc2C)cc1C. The number of amides is 1. The van der Waals surface area contributed by atoms with Crippen molar-refractivity contribution >= 4 is 11.9 Å². The first-order valence-corrected chi connectivity index (χ1v) is 9.38. The van der Waals surface area contributed by atoms with Crippen LogP contribution in [0.1, 0.15) is 45.8 Å². The number of carbonyl (C=O) groups is 2. The maximum Gasteiger partial charge on any atom is 0.361 e. The molecule has 0 fully saturated rings. The fourth-order valence-electron chi connectivity index (χ4n) is 2.84. The van der Waals surface area contributed by atoms with E-state index in [9.17, 15) is 9.59 Å². The van der Waals surface area contributed by atoms with Crippen LogP contribution in [0.2, 0.25) is 0 Å². The number of hydrogen-bond donors (Lipinski definition) is 1. The Morgan fingerprint density at radius 2 is 1.76 bits per heavy atom. The van der Waals surface area contributed by atoms with Gasteiger partial charge in [0.05, 0.1) is 17.4 Å². The fourth-order valence-corrected chi connectivity index (χ4v) is 2.84. The van der Waals surface area contributed by atoms with Crippen molar-refractivity contribution in [1.29, 1.82) is 0 Å². The minimum absolute atomic E-state index is 0.0869. The van der Waals surface area contributed by atoms with Gasteiger partial charge in [0.2, 0.25) is 0 Å². The van der Waals surface area contributed by atoms with Crippen molar-refractivity contribution in [2.45, 2.75) is 33.7 Å². The second kappa shape index (κ2) is 8.68. The average molecular weight is 392 g/mol. The normalized spacial score (nSPS) is 11.7. The molecule has 1 N–H and O–H groups in total. The zero-order valence-corrected chi connectivity index (χ0v) is 17.0. The van der Waals surface area contributed by atoms with E-state index < -0.39 is 5.97 Å². The Hall–Kier alpha value is -3.48. The van der Waals surface area contributed by atoms with Gasteiger partial charge in [-0.2, -0.15) is 9.90 Å². The van der Waals surface area contributed by atoms with E-state index in [0.717, 1.165) is 16.8 Å². The minimum Gasteiger partial charge on any atom is -0.451 e. The van der Waals surface area contributed by atoms with Crippen LogP contribution in [-0.4, -0.2) is 33.5 Å². The van der Waals surface area contributed by atoms with Crippen LogP contribution >= 0.6 is 0 Å². The Morgan fingerprint density at radius 1 is 1.03 bits per heavy atom. The summed E-state index contributed by atoms with van der Waals surface area (Å²) < 4.78 is 5.13. The molecule has 7 nitrogen and oxygen atoms in total. The standard InChI is InChI=1S/C22H24N4O3/c1-14-10-11-18(12-15(14)2)16(3)23-20(27)13-29-22(28)21-17(4)24-26(25-21)19-8-6-5-7-9-19/h5-12,16H,13H2,1-4H3,(H,23,27)/t16-/m0/s1. The van der Waals surface area contributed by atoms with Crippen LogP contribution < -0.4 is 5.32 Å².